The largest absolute Gasteiger partial charge is 0.330 e. The molecule has 0 unspecified atom stereocenters. The quantitative estimate of drug-likeness (QED) is 0.939. The van der Waals surface area contributed by atoms with E-state index in [2.05, 4.69) is 20.9 Å². The fourth-order valence-corrected chi connectivity index (χ4v) is 2.09. The molecule has 0 fully saturated rings. The lowest BCUT2D eigenvalue weighted by molar-refractivity contribution is 0.626. The summed E-state index contributed by atoms with van der Waals surface area (Å²) in [6.45, 7) is 0.560. The summed E-state index contributed by atoms with van der Waals surface area (Å²) in [6.07, 6.45) is 4.20. The number of hydrogen-bond acceptors (Lipinski definition) is 2. The molecule has 0 aliphatic carbocycles. The molecule has 2 N–H and O–H groups in total. The fraction of sp³-hybridized carbons (Fsp3) is 0.182. The van der Waals surface area contributed by atoms with Gasteiger partial charge in [0.15, 0.2) is 0 Å². The lowest BCUT2D eigenvalue weighted by Gasteiger charge is -2.09. The van der Waals surface area contributed by atoms with Gasteiger partial charge < -0.3 is 10.3 Å². The summed E-state index contributed by atoms with van der Waals surface area (Å²) in [5.41, 5.74) is 7.39. The van der Waals surface area contributed by atoms with E-state index in [1.165, 1.54) is 12.1 Å². The number of imidazole rings is 1. The highest BCUT2D eigenvalue weighted by atomic mass is 79.9. The second kappa shape index (κ2) is 4.76. The van der Waals surface area contributed by atoms with Gasteiger partial charge in [-0.1, -0.05) is 0 Å². The summed E-state index contributed by atoms with van der Waals surface area (Å²) in [5.74, 6) is -0.267. The number of nitrogens with zero attached hydrogens (tertiary/aromatic N) is 2. The van der Waals surface area contributed by atoms with Crippen molar-refractivity contribution in [3.63, 3.8) is 0 Å². The summed E-state index contributed by atoms with van der Waals surface area (Å²) >= 11 is 3.33. The van der Waals surface area contributed by atoms with Crippen LogP contribution in [0.3, 0.4) is 0 Å². The van der Waals surface area contributed by atoms with E-state index < -0.39 is 0 Å². The van der Waals surface area contributed by atoms with Gasteiger partial charge in [0.1, 0.15) is 5.82 Å². The first-order valence-electron chi connectivity index (χ1n) is 4.89. The minimum Gasteiger partial charge on any atom is -0.330 e. The van der Waals surface area contributed by atoms with Crippen LogP contribution in [0, 0.1) is 5.82 Å². The Morgan fingerprint density at radius 2 is 2.25 bits per heavy atom. The number of hydrogen-bond donors (Lipinski definition) is 1. The van der Waals surface area contributed by atoms with E-state index in [0.717, 1.165) is 17.8 Å². The number of aromatic nitrogens is 2. The van der Waals surface area contributed by atoms with Gasteiger partial charge >= 0.3 is 0 Å². The Balaban J connectivity index is 2.46. The Kier molecular flexibility index (Phi) is 3.36. The second-order valence-corrected chi connectivity index (χ2v) is 4.24. The van der Waals surface area contributed by atoms with Crippen molar-refractivity contribution in [1.29, 1.82) is 0 Å². The first-order valence-corrected chi connectivity index (χ1v) is 5.68. The van der Waals surface area contributed by atoms with Gasteiger partial charge in [0, 0.05) is 22.8 Å². The van der Waals surface area contributed by atoms with Crippen molar-refractivity contribution in [2.24, 2.45) is 5.73 Å². The van der Waals surface area contributed by atoms with Crippen LogP contribution in [-0.4, -0.2) is 16.1 Å². The fourth-order valence-electron chi connectivity index (χ4n) is 1.55. The van der Waals surface area contributed by atoms with Gasteiger partial charge in [-0.05, 0) is 40.7 Å². The molecule has 1 aromatic heterocycles. The molecule has 0 bridgehead atoms. The molecule has 3 nitrogen and oxygen atoms in total. The Labute approximate surface area is 101 Å². The first kappa shape index (κ1) is 11.3. The minimum absolute atomic E-state index is 0.267. The zero-order valence-electron chi connectivity index (χ0n) is 8.53. The number of halogens is 2. The molecule has 0 saturated heterocycles. The normalized spacial score (nSPS) is 10.7. The molecule has 0 atom stereocenters. The highest BCUT2D eigenvalue weighted by molar-refractivity contribution is 9.10. The summed E-state index contributed by atoms with van der Waals surface area (Å²) in [7, 11) is 0. The molecule has 0 saturated carbocycles. The SMILES string of the molecule is NCCc1cncn1-c1ccc(F)cc1Br. The molecule has 1 heterocycles. The molecule has 0 aliphatic heterocycles. The van der Waals surface area contributed by atoms with E-state index in [9.17, 15) is 4.39 Å². The predicted octanol–water partition coefficient (Wildman–Crippen LogP) is 2.28. The van der Waals surface area contributed by atoms with Crippen LogP contribution in [0.4, 0.5) is 4.39 Å². The van der Waals surface area contributed by atoms with Gasteiger partial charge in [-0.25, -0.2) is 9.37 Å². The summed E-state index contributed by atoms with van der Waals surface area (Å²) in [5, 5.41) is 0. The van der Waals surface area contributed by atoms with Crippen LogP contribution < -0.4 is 5.73 Å². The topological polar surface area (TPSA) is 43.8 Å². The third-order valence-corrected chi connectivity index (χ3v) is 2.92. The standard InChI is InChI=1S/C11H11BrFN3/c12-10-5-8(13)1-2-11(10)16-7-15-6-9(16)3-4-14/h1-2,5-7H,3-4,14H2. The molecule has 5 heteroatoms. The Hall–Kier alpha value is -1.20. The number of nitrogens with two attached hydrogens (primary N) is 1. The Morgan fingerprint density at radius 3 is 2.94 bits per heavy atom. The van der Waals surface area contributed by atoms with Crippen LogP contribution in [0.1, 0.15) is 5.69 Å². The van der Waals surface area contributed by atoms with Gasteiger partial charge in [0.25, 0.3) is 0 Å². The zero-order chi connectivity index (χ0) is 11.5. The molecule has 0 spiro atoms. The third kappa shape index (κ3) is 2.15. The maximum atomic E-state index is 13.0. The molecular formula is C11H11BrFN3. The molecule has 0 radical (unpaired) electrons. The monoisotopic (exact) mass is 283 g/mol. The molecule has 0 aliphatic rings. The van der Waals surface area contributed by atoms with Gasteiger partial charge in [0.2, 0.25) is 0 Å². The predicted molar refractivity (Wildman–Crippen MR) is 64.0 cm³/mol. The number of rotatable bonds is 3. The highest BCUT2D eigenvalue weighted by Gasteiger charge is 2.07. The molecule has 0 amide bonds. The van der Waals surface area contributed by atoms with Gasteiger partial charge in [0.05, 0.1) is 12.0 Å². The molecular weight excluding hydrogens is 273 g/mol. The van der Waals surface area contributed by atoms with E-state index in [0.29, 0.717) is 11.0 Å². The van der Waals surface area contributed by atoms with Crippen LogP contribution in [0.5, 0.6) is 0 Å². The summed E-state index contributed by atoms with van der Waals surface area (Å²) in [4.78, 5) is 4.07. The average molecular weight is 284 g/mol. The molecule has 2 aromatic rings. The van der Waals surface area contributed by atoms with Crippen LogP contribution in [0.2, 0.25) is 0 Å². The van der Waals surface area contributed by atoms with Gasteiger partial charge in [-0.15, -0.1) is 0 Å². The van der Waals surface area contributed by atoms with E-state index in [1.54, 1.807) is 18.6 Å². The highest BCUT2D eigenvalue weighted by Crippen LogP contribution is 2.23. The third-order valence-electron chi connectivity index (χ3n) is 2.28. The van der Waals surface area contributed by atoms with E-state index in [-0.39, 0.29) is 5.82 Å². The Bertz CT molecular complexity index is 496. The van der Waals surface area contributed by atoms with Crippen molar-refractivity contribution in [1.82, 2.24) is 9.55 Å². The van der Waals surface area contributed by atoms with Crippen molar-refractivity contribution < 1.29 is 4.39 Å². The van der Waals surface area contributed by atoms with Crippen LogP contribution >= 0.6 is 15.9 Å². The van der Waals surface area contributed by atoms with E-state index in [1.807, 2.05) is 4.57 Å². The van der Waals surface area contributed by atoms with E-state index in [4.69, 9.17) is 5.73 Å². The van der Waals surface area contributed by atoms with Crippen molar-refractivity contribution >= 4 is 15.9 Å². The molecule has 1 aromatic carbocycles. The van der Waals surface area contributed by atoms with Gasteiger partial charge in [-0.2, -0.15) is 0 Å². The van der Waals surface area contributed by atoms with Gasteiger partial charge in [-0.3, -0.25) is 0 Å². The van der Waals surface area contributed by atoms with Crippen LogP contribution in [0.15, 0.2) is 35.2 Å². The smallest absolute Gasteiger partial charge is 0.124 e. The molecule has 16 heavy (non-hydrogen) atoms. The minimum atomic E-state index is -0.267. The van der Waals surface area contributed by atoms with Crippen molar-refractivity contribution in [2.45, 2.75) is 6.42 Å². The van der Waals surface area contributed by atoms with E-state index >= 15 is 0 Å². The first-order chi connectivity index (χ1) is 7.72. The average Bonchev–Trinajstić information content (AvgIpc) is 2.67. The van der Waals surface area contributed by atoms with Crippen molar-refractivity contribution in [2.75, 3.05) is 6.54 Å². The van der Waals surface area contributed by atoms with Crippen molar-refractivity contribution in [3.8, 4) is 5.69 Å². The number of benzene rings is 1. The van der Waals surface area contributed by atoms with Crippen LogP contribution in [0.25, 0.3) is 5.69 Å². The second-order valence-electron chi connectivity index (χ2n) is 3.39. The zero-order valence-corrected chi connectivity index (χ0v) is 10.1. The molecule has 2 rings (SSSR count). The lowest BCUT2D eigenvalue weighted by atomic mass is 10.2. The summed E-state index contributed by atoms with van der Waals surface area (Å²) in [6, 6.07) is 4.56. The van der Waals surface area contributed by atoms with Crippen LogP contribution in [-0.2, 0) is 6.42 Å². The summed E-state index contributed by atoms with van der Waals surface area (Å²) < 4.78 is 15.6. The maximum absolute atomic E-state index is 13.0. The Morgan fingerprint density at radius 1 is 1.44 bits per heavy atom. The van der Waals surface area contributed by atoms with Crippen molar-refractivity contribution in [3.05, 3.63) is 46.7 Å². The maximum Gasteiger partial charge on any atom is 0.124 e. The molecule has 84 valence electrons. The lowest BCUT2D eigenvalue weighted by Crippen LogP contribution is -2.07.